The summed E-state index contributed by atoms with van der Waals surface area (Å²) in [5.74, 6) is 5.18. The predicted octanol–water partition coefficient (Wildman–Crippen LogP) is 2.77. The molecule has 0 unspecified atom stereocenters. The zero-order valence-corrected chi connectivity index (χ0v) is 12.3. The summed E-state index contributed by atoms with van der Waals surface area (Å²) < 4.78 is 10.0. The van der Waals surface area contributed by atoms with Crippen LogP contribution < -0.4 is 9.47 Å². The molecule has 0 aromatic heterocycles. The van der Waals surface area contributed by atoms with Crippen molar-refractivity contribution in [2.24, 2.45) is 0 Å². The Morgan fingerprint density at radius 1 is 0.682 bits per heavy atom. The third kappa shape index (κ3) is 3.74. The highest BCUT2D eigenvalue weighted by atomic mass is 16.5. The van der Waals surface area contributed by atoms with E-state index in [0.29, 0.717) is 22.6 Å². The molecular formula is C18H14O4. The van der Waals surface area contributed by atoms with Crippen LogP contribution in [0.25, 0.3) is 0 Å². The van der Waals surface area contributed by atoms with E-state index in [1.165, 1.54) is 0 Å². The molecule has 0 aliphatic carbocycles. The first-order valence-electron chi connectivity index (χ1n) is 6.53. The van der Waals surface area contributed by atoms with Gasteiger partial charge in [0.25, 0.3) is 0 Å². The highest BCUT2D eigenvalue weighted by Gasteiger charge is 2.05. The van der Waals surface area contributed by atoms with Crippen LogP contribution in [0.3, 0.4) is 0 Å². The van der Waals surface area contributed by atoms with Crippen molar-refractivity contribution in [3.8, 4) is 23.3 Å². The Kier molecular flexibility index (Phi) is 4.94. The average Bonchev–Trinajstić information content (AvgIpc) is 2.59. The second kappa shape index (κ2) is 7.09. The smallest absolute Gasteiger partial charge is 0.236 e. The van der Waals surface area contributed by atoms with Gasteiger partial charge < -0.3 is 9.47 Å². The van der Waals surface area contributed by atoms with Gasteiger partial charge in [0.15, 0.2) is 0 Å². The van der Waals surface area contributed by atoms with Crippen LogP contribution in [0.5, 0.6) is 11.5 Å². The standard InChI is InChI=1S/C18H14O4/c1-21-15-7-3-13(4-8-15)17(19)11-12-18(20)14-5-9-16(22-2)10-6-14/h3-10H,1-2H3. The molecule has 0 bridgehead atoms. The maximum atomic E-state index is 11.9. The molecule has 110 valence electrons. The van der Waals surface area contributed by atoms with E-state index in [2.05, 4.69) is 11.8 Å². The summed E-state index contributed by atoms with van der Waals surface area (Å²) in [6.45, 7) is 0. The van der Waals surface area contributed by atoms with Crippen molar-refractivity contribution in [1.29, 1.82) is 0 Å². The maximum absolute atomic E-state index is 11.9. The van der Waals surface area contributed by atoms with E-state index in [0.717, 1.165) is 0 Å². The van der Waals surface area contributed by atoms with E-state index < -0.39 is 11.6 Å². The number of benzene rings is 2. The molecule has 0 heterocycles. The summed E-state index contributed by atoms with van der Waals surface area (Å²) in [6.07, 6.45) is 0. The van der Waals surface area contributed by atoms with Crippen molar-refractivity contribution in [2.75, 3.05) is 14.2 Å². The van der Waals surface area contributed by atoms with Crippen LogP contribution in [0.15, 0.2) is 48.5 Å². The van der Waals surface area contributed by atoms with Gasteiger partial charge in [0, 0.05) is 11.1 Å². The quantitative estimate of drug-likeness (QED) is 0.494. The summed E-state index contributed by atoms with van der Waals surface area (Å²) in [4.78, 5) is 23.8. The van der Waals surface area contributed by atoms with Gasteiger partial charge >= 0.3 is 0 Å². The minimum absolute atomic E-state index is 0.412. The van der Waals surface area contributed by atoms with E-state index >= 15 is 0 Å². The summed E-state index contributed by atoms with van der Waals surface area (Å²) >= 11 is 0. The third-order valence-electron chi connectivity index (χ3n) is 2.99. The van der Waals surface area contributed by atoms with E-state index in [1.54, 1.807) is 62.8 Å². The van der Waals surface area contributed by atoms with Gasteiger partial charge in [-0.2, -0.15) is 0 Å². The Hall–Kier alpha value is -3.06. The normalized spacial score (nSPS) is 9.36. The van der Waals surface area contributed by atoms with Gasteiger partial charge in [-0.3, -0.25) is 9.59 Å². The number of carbonyl (C=O) groups is 2. The Labute approximate surface area is 128 Å². The van der Waals surface area contributed by atoms with E-state index in [4.69, 9.17) is 9.47 Å². The average molecular weight is 294 g/mol. The van der Waals surface area contributed by atoms with Crippen LogP contribution >= 0.6 is 0 Å². The molecule has 0 aliphatic rings. The summed E-state index contributed by atoms with van der Waals surface area (Å²) in [5.41, 5.74) is 0.826. The first kappa shape index (κ1) is 15.3. The number of Topliss-reactive ketones (excluding diaryl/α,β-unsaturated/α-hetero) is 2. The lowest BCUT2D eigenvalue weighted by molar-refractivity contribution is 0.103. The Morgan fingerprint density at radius 2 is 1.00 bits per heavy atom. The van der Waals surface area contributed by atoms with Crippen molar-refractivity contribution in [2.45, 2.75) is 0 Å². The number of ketones is 2. The molecule has 0 radical (unpaired) electrons. The fourth-order valence-electron chi connectivity index (χ4n) is 1.74. The summed E-state index contributed by atoms with van der Waals surface area (Å²) in [5, 5.41) is 0. The Balaban J connectivity index is 2.10. The largest absolute Gasteiger partial charge is 0.497 e. The molecular weight excluding hydrogens is 280 g/mol. The zero-order chi connectivity index (χ0) is 15.9. The lowest BCUT2D eigenvalue weighted by atomic mass is 10.1. The fraction of sp³-hybridized carbons (Fsp3) is 0.111. The molecule has 0 aliphatic heterocycles. The molecule has 2 aromatic carbocycles. The Bertz CT molecular complexity index is 668. The van der Waals surface area contributed by atoms with Gasteiger partial charge in [-0.15, -0.1) is 0 Å². The molecule has 0 fully saturated rings. The fourth-order valence-corrected chi connectivity index (χ4v) is 1.74. The highest BCUT2D eigenvalue weighted by Crippen LogP contribution is 2.12. The zero-order valence-electron chi connectivity index (χ0n) is 12.3. The molecule has 0 atom stereocenters. The lowest BCUT2D eigenvalue weighted by Crippen LogP contribution is -1.99. The number of hydrogen-bond acceptors (Lipinski definition) is 4. The van der Waals surface area contributed by atoms with Gasteiger partial charge in [0.05, 0.1) is 14.2 Å². The molecule has 2 aromatic rings. The number of hydrogen-bond donors (Lipinski definition) is 0. The lowest BCUT2D eigenvalue weighted by Gasteiger charge is -1.99. The SMILES string of the molecule is COc1ccc(C(=O)C#CC(=O)c2ccc(OC)cc2)cc1. The first-order valence-corrected chi connectivity index (χ1v) is 6.53. The molecule has 2 rings (SSSR count). The molecule has 4 heteroatoms. The first-order chi connectivity index (χ1) is 10.6. The van der Waals surface area contributed by atoms with Gasteiger partial charge in [-0.05, 0) is 60.4 Å². The molecule has 0 N–H and O–H groups in total. The molecule has 0 saturated heterocycles. The molecule has 22 heavy (non-hydrogen) atoms. The van der Waals surface area contributed by atoms with Crippen LogP contribution in [-0.2, 0) is 0 Å². The second-order valence-corrected chi connectivity index (χ2v) is 4.37. The van der Waals surface area contributed by atoms with Crippen molar-refractivity contribution in [3.63, 3.8) is 0 Å². The van der Waals surface area contributed by atoms with Crippen LogP contribution in [0, 0.1) is 11.8 Å². The van der Waals surface area contributed by atoms with Crippen LogP contribution in [0.4, 0.5) is 0 Å². The number of carbonyl (C=O) groups excluding carboxylic acids is 2. The predicted molar refractivity (Wildman–Crippen MR) is 82.4 cm³/mol. The number of methoxy groups -OCH3 is 2. The molecule has 0 spiro atoms. The van der Waals surface area contributed by atoms with Gasteiger partial charge in [-0.25, -0.2) is 0 Å². The Morgan fingerprint density at radius 3 is 1.27 bits per heavy atom. The molecule has 0 saturated carbocycles. The third-order valence-corrected chi connectivity index (χ3v) is 2.99. The van der Waals surface area contributed by atoms with Crippen molar-refractivity contribution < 1.29 is 19.1 Å². The molecule has 4 nitrogen and oxygen atoms in total. The van der Waals surface area contributed by atoms with E-state index in [9.17, 15) is 9.59 Å². The van der Waals surface area contributed by atoms with Crippen molar-refractivity contribution >= 4 is 11.6 Å². The van der Waals surface area contributed by atoms with E-state index in [-0.39, 0.29) is 0 Å². The van der Waals surface area contributed by atoms with Crippen molar-refractivity contribution in [3.05, 3.63) is 59.7 Å². The van der Waals surface area contributed by atoms with E-state index in [1.807, 2.05) is 0 Å². The monoisotopic (exact) mass is 294 g/mol. The maximum Gasteiger partial charge on any atom is 0.236 e. The van der Waals surface area contributed by atoms with Gasteiger partial charge in [0.2, 0.25) is 11.6 Å². The topological polar surface area (TPSA) is 52.6 Å². The number of rotatable bonds is 4. The molecule has 0 amide bonds. The van der Waals surface area contributed by atoms with Crippen LogP contribution in [-0.4, -0.2) is 25.8 Å². The highest BCUT2D eigenvalue weighted by molar-refractivity contribution is 6.16. The second-order valence-electron chi connectivity index (χ2n) is 4.37. The minimum atomic E-state index is -0.412. The van der Waals surface area contributed by atoms with Crippen LogP contribution in [0.2, 0.25) is 0 Å². The minimum Gasteiger partial charge on any atom is -0.497 e. The van der Waals surface area contributed by atoms with Crippen LogP contribution in [0.1, 0.15) is 20.7 Å². The summed E-state index contributed by atoms with van der Waals surface area (Å²) in [7, 11) is 3.09. The van der Waals surface area contributed by atoms with Crippen molar-refractivity contribution in [1.82, 2.24) is 0 Å². The van der Waals surface area contributed by atoms with Gasteiger partial charge in [0.1, 0.15) is 11.5 Å². The van der Waals surface area contributed by atoms with Gasteiger partial charge in [-0.1, -0.05) is 0 Å². The summed E-state index contributed by atoms with van der Waals surface area (Å²) in [6, 6.07) is 13.1. The number of ether oxygens (including phenoxy) is 2.